The summed E-state index contributed by atoms with van der Waals surface area (Å²) in [4.78, 5) is 50.8. The second kappa shape index (κ2) is 19.4. The van der Waals surface area contributed by atoms with E-state index in [1.165, 1.54) is 11.0 Å². The SMILES string of the molecule is CC(O)(COc1ccc(OCCOCCOCCOCCOc2cccc3c2CN([C@H]2CCC(=O)NC2=O)C3=O)cc1)C(=O)Nc1ccc(C#N)c(C(F)(F)F)c1. The predicted molar refractivity (Wildman–Crippen MR) is 193 cm³/mol. The van der Waals surface area contributed by atoms with Crippen LogP contribution in [0.3, 0.4) is 0 Å². The fourth-order valence-corrected chi connectivity index (χ4v) is 5.80. The molecule has 3 aromatic rings. The third-order valence-corrected chi connectivity index (χ3v) is 8.80. The molecule has 3 aromatic carbocycles. The van der Waals surface area contributed by atoms with Crippen LogP contribution in [0.5, 0.6) is 17.2 Å². The van der Waals surface area contributed by atoms with Crippen molar-refractivity contribution in [2.75, 3.05) is 64.8 Å². The van der Waals surface area contributed by atoms with E-state index in [2.05, 4.69) is 10.6 Å². The number of hydrogen-bond donors (Lipinski definition) is 3. The van der Waals surface area contributed by atoms with E-state index in [9.17, 15) is 37.5 Å². The molecule has 15 nitrogen and oxygen atoms in total. The van der Waals surface area contributed by atoms with Crippen LogP contribution in [0, 0.1) is 11.3 Å². The summed E-state index contributed by atoms with van der Waals surface area (Å²) in [5, 5.41) is 24.0. The molecule has 0 radical (unpaired) electrons. The molecule has 0 aliphatic carbocycles. The summed E-state index contributed by atoms with van der Waals surface area (Å²) in [7, 11) is 0. The molecule has 2 aliphatic heterocycles. The number of rotatable bonds is 20. The number of hydrogen-bond acceptors (Lipinski definition) is 12. The Morgan fingerprint density at radius 3 is 2.12 bits per heavy atom. The molecule has 1 saturated heterocycles. The van der Waals surface area contributed by atoms with Crippen molar-refractivity contribution in [3.8, 4) is 23.3 Å². The Bertz CT molecular complexity index is 1950. The molecule has 2 aliphatic rings. The monoisotopic (exact) mass is 798 g/mol. The van der Waals surface area contributed by atoms with Gasteiger partial charge in [-0.2, -0.15) is 18.4 Å². The number of anilines is 1. The number of nitriles is 1. The van der Waals surface area contributed by atoms with Crippen molar-refractivity contribution >= 4 is 29.3 Å². The third kappa shape index (κ3) is 11.6. The maximum absolute atomic E-state index is 13.2. The van der Waals surface area contributed by atoms with Gasteiger partial charge in [0.15, 0.2) is 5.60 Å². The summed E-state index contributed by atoms with van der Waals surface area (Å²) in [6, 6.07) is 14.9. The van der Waals surface area contributed by atoms with Crippen molar-refractivity contribution < 1.29 is 65.9 Å². The minimum Gasteiger partial charge on any atom is -0.491 e. The predicted octanol–water partition coefficient (Wildman–Crippen LogP) is 3.61. The second-order valence-electron chi connectivity index (χ2n) is 13.1. The fraction of sp³-hybridized carbons (Fsp3) is 0.410. The number of alkyl halides is 3. The number of aliphatic hydroxyl groups is 1. The minimum absolute atomic E-state index is 0.180. The highest BCUT2D eigenvalue weighted by Gasteiger charge is 2.40. The van der Waals surface area contributed by atoms with Crippen molar-refractivity contribution in [2.24, 2.45) is 0 Å². The van der Waals surface area contributed by atoms with Crippen LogP contribution in [0.15, 0.2) is 60.7 Å². The van der Waals surface area contributed by atoms with Crippen molar-refractivity contribution in [2.45, 2.75) is 44.1 Å². The van der Waals surface area contributed by atoms with Gasteiger partial charge in [0.25, 0.3) is 11.8 Å². The Kier molecular flexibility index (Phi) is 14.4. The summed E-state index contributed by atoms with van der Waals surface area (Å²) in [6.07, 6.45) is -4.34. The highest BCUT2D eigenvalue weighted by Crippen LogP contribution is 2.35. The van der Waals surface area contributed by atoms with Gasteiger partial charge in [-0.05, 0) is 67.9 Å². The van der Waals surface area contributed by atoms with Crippen LogP contribution < -0.4 is 24.8 Å². The normalized spacial score (nSPS) is 16.3. The van der Waals surface area contributed by atoms with E-state index >= 15 is 0 Å². The van der Waals surface area contributed by atoms with Gasteiger partial charge in [0.2, 0.25) is 11.8 Å². The molecule has 5 rings (SSSR count). The number of carbonyl (C=O) groups excluding carboxylic acids is 4. The number of amides is 4. The molecule has 18 heteroatoms. The number of carbonyl (C=O) groups is 4. The lowest BCUT2D eigenvalue weighted by Gasteiger charge is -2.29. The van der Waals surface area contributed by atoms with Gasteiger partial charge in [-0.25, -0.2) is 0 Å². The minimum atomic E-state index is -4.81. The van der Waals surface area contributed by atoms with Crippen LogP contribution in [0.4, 0.5) is 18.9 Å². The molecule has 304 valence electrons. The van der Waals surface area contributed by atoms with E-state index in [0.29, 0.717) is 60.9 Å². The van der Waals surface area contributed by atoms with E-state index < -0.39 is 47.4 Å². The number of imide groups is 1. The van der Waals surface area contributed by atoms with Crippen molar-refractivity contribution in [1.82, 2.24) is 10.2 Å². The molecule has 1 fully saturated rings. The van der Waals surface area contributed by atoms with Gasteiger partial charge < -0.3 is 43.7 Å². The molecule has 0 saturated carbocycles. The fourth-order valence-electron chi connectivity index (χ4n) is 5.80. The van der Waals surface area contributed by atoms with Crippen molar-refractivity contribution in [3.63, 3.8) is 0 Å². The molecule has 0 spiro atoms. The van der Waals surface area contributed by atoms with Gasteiger partial charge in [0.1, 0.15) is 43.1 Å². The van der Waals surface area contributed by atoms with E-state index in [0.717, 1.165) is 19.1 Å². The molecule has 2 heterocycles. The Morgan fingerprint density at radius 2 is 1.51 bits per heavy atom. The lowest BCUT2D eigenvalue weighted by atomic mass is 10.0. The first-order valence-corrected chi connectivity index (χ1v) is 17.9. The molecular weight excluding hydrogens is 757 g/mol. The van der Waals surface area contributed by atoms with Crippen LogP contribution in [0.25, 0.3) is 0 Å². The first-order valence-electron chi connectivity index (χ1n) is 17.9. The van der Waals surface area contributed by atoms with Crippen LogP contribution in [-0.4, -0.2) is 105 Å². The smallest absolute Gasteiger partial charge is 0.417 e. The largest absolute Gasteiger partial charge is 0.491 e. The molecule has 0 aromatic heterocycles. The topological polar surface area (TPSA) is 195 Å². The van der Waals surface area contributed by atoms with E-state index in [1.807, 2.05) is 0 Å². The summed E-state index contributed by atoms with van der Waals surface area (Å²) < 4.78 is 73.4. The molecule has 3 N–H and O–H groups in total. The van der Waals surface area contributed by atoms with Gasteiger partial charge in [0.05, 0.1) is 63.4 Å². The summed E-state index contributed by atoms with van der Waals surface area (Å²) in [5.41, 5.74) is -2.99. The maximum Gasteiger partial charge on any atom is 0.417 e. The zero-order valence-electron chi connectivity index (χ0n) is 30.9. The van der Waals surface area contributed by atoms with Crippen molar-refractivity contribution in [3.05, 3.63) is 82.9 Å². The first kappa shape index (κ1) is 42.4. The highest BCUT2D eigenvalue weighted by molar-refractivity contribution is 6.05. The number of fused-ring (bicyclic) bond motifs is 1. The summed E-state index contributed by atoms with van der Waals surface area (Å²) >= 11 is 0. The number of benzene rings is 3. The van der Waals surface area contributed by atoms with Gasteiger partial charge in [-0.3, -0.25) is 24.5 Å². The third-order valence-electron chi connectivity index (χ3n) is 8.80. The van der Waals surface area contributed by atoms with Gasteiger partial charge in [0, 0.05) is 23.2 Å². The van der Waals surface area contributed by atoms with Gasteiger partial charge >= 0.3 is 6.18 Å². The lowest BCUT2D eigenvalue weighted by Crippen LogP contribution is -2.52. The highest BCUT2D eigenvalue weighted by atomic mass is 19.4. The number of nitrogens with one attached hydrogen (secondary N) is 2. The first-order chi connectivity index (χ1) is 27.3. The zero-order valence-corrected chi connectivity index (χ0v) is 30.9. The summed E-state index contributed by atoms with van der Waals surface area (Å²) in [6.45, 7) is 3.26. The molecule has 2 atom stereocenters. The molecule has 1 unspecified atom stereocenters. The van der Waals surface area contributed by atoms with Crippen LogP contribution in [0.1, 0.15) is 46.8 Å². The van der Waals surface area contributed by atoms with Crippen LogP contribution >= 0.6 is 0 Å². The molecule has 4 amide bonds. The number of nitrogens with zero attached hydrogens (tertiary/aromatic N) is 2. The van der Waals surface area contributed by atoms with E-state index in [4.69, 9.17) is 33.7 Å². The Labute approximate surface area is 325 Å². The quantitative estimate of drug-likeness (QED) is 0.111. The molecule has 0 bridgehead atoms. The van der Waals surface area contributed by atoms with Crippen molar-refractivity contribution in [1.29, 1.82) is 5.26 Å². The van der Waals surface area contributed by atoms with Crippen LogP contribution in [0.2, 0.25) is 0 Å². The summed E-state index contributed by atoms with van der Waals surface area (Å²) in [5.74, 6) is -0.739. The Hall–Kier alpha value is -5.74. The maximum atomic E-state index is 13.2. The zero-order chi connectivity index (χ0) is 41.0. The standard InChI is InChI=1S/C39H41F3N4O11/c1-38(51,37(50)44-26-6-5-25(22-43)31(21-26)39(40,41)42)24-57-28-9-7-27(8-10-28)55-19-17-53-15-13-52-14-16-54-18-20-56-33-4-2-3-29-30(33)23-46(36(29)49)32-11-12-34(47)45-35(32)48/h2-10,21,32,51H,11-20,23-24H2,1H3,(H,44,50)(H,45,47,48)/t32-,38?/m0/s1. The average molecular weight is 799 g/mol. The Balaban J connectivity index is 0.887. The average Bonchev–Trinajstić information content (AvgIpc) is 3.52. The van der Waals surface area contributed by atoms with E-state index in [1.54, 1.807) is 42.5 Å². The number of halogens is 3. The molecular formula is C39H41F3N4O11. The van der Waals surface area contributed by atoms with Gasteiger partial charge in [-0.15, -0.1) is 0 Å². The number of ether oxygens (including phenoxy) is 6. The molecule has 57 heavy (non-hydrogen) atoms. The number of piperidine rings is 1. The second-order valence-corrected chi connectivity index (χ2v) is 13.1. The van der Waals surface area contributed by atoms with Crippen LogP contribution in [-0.2, 0) is 41.3 Å². The van der Waals surface area contributed by atoms with Gasteiger partial charge in [-0.1, -0.05) is 6.07 Å². The Morgan fingerprint density at radius 1 is 0.895 bits per heavy atom. The van der Waals surface area contributed by atoms with E-state index in [-0.39, 0.29) is 63.3 Å². The lowest BCUT2D eigenvalue weighted by molar-refractivity contribution is -0.138.